The van der Waals surface area contributed by atoms with Gasteiger partial charge < -0.3 is 4.74 Å². The number of nitrogens with one attached hydrogen (secondary N) is 1. The Morgan fingerprint density at radius 2 is 1.70 bits per heavy atom. The standard InChI is InChI=1S/C23H16N4O3/c28-22(17-9-12-24-13-10-17)27-26-15-20-19-6-2-1-4-16(19)7-8-21(20)30-23(29)18-5-3-11-25-14-18/h1-15H,(H,27,28). The van der Waals surface area contributed by atoms with E-state index >= 15 is 0 Å². The van der Waals surface area contributed by atoms with E-state index in [-0.39, 0.29) is 5.91 Å². The second-order valence-electron chi connectivity index (χ2n) is 6.26. The molecule has 4 rings (SSSR count). The summed E-state index contributed by atoms with van der Waals surface area (Å²) in [7, 11) is 0. The van der Waals surface area contributed by atoms with E-state index in [0.29, 0.717) is 22.4 Å². The van der Waals surface area contributed by atoms with E-state index in [2.05, 4.69) is 20.5 Å². The number of rotatable bonds is 5. The Morgan fingerprint density at radius 1 is 0.867 bits per heavy atom. The van der Waals surface area contributed by atoms with E-state index in [1.54, 1.807) is 36.5 Å². The van der Waals surface area contributed by atoms with Crippen LogP contribution in [0.2, 0.25) is 0 Å². The predicted octanol–water partition coefficient (Wildman–Crippen LogP) is 3.61. The van der Waals surface area contributed by atoms with Crippen molar-refractivity contribution in [1.82, 2.24) is 15.4 Å². The van der Waals surface area contributed by atoms with Gasteiger partial charge in [-0.2, -0.15) is 5.10 Å². The number of fused-ring (bicyclic) bond motifs is 1. The average molecular weight is 396 g/mol. The number of amides is 1. The lowest BCUT2D eigenvalue weighted by Crippen LogP contribution is -2.17. The van der Waals surface area contributed by atoms with Crippen LogP contribution in [0.25, 0.3) is 10.8 Å². The number of hydrogen-bond acceptors (Lipinski definition) is 6. The monoisotopic (exact) mass is 396 g/mol. The van der Waals surface area contributed by atoms with Gasteiger partial charge in [-0.25, -0.2) is 10.2 Å². The van der Waals surface area contributed by atoms with Gasteiger partial charge in [0.2, 0.25) is 0 Å². The van der Waals surface area contributed by atoms with Gasteiger partial charge in [0.15, 0.2) is 0 Å². The van der Waals surface area contributed by atoms with Gasteiger partial charge in [0.05, 0.1) is 11.8 Å². The van der Waals surface area contributed by atoms with E-state index in [1.165, 1.54) is 24.8 Å². The number of carbonyl (C=O) groups excluding carboxylic acids is 2. The Labute approximate surface area is 172 Å². The highest BCUT2D eigenvalue weighted by Gasteiger charge is 2.13. The molecule has 0 atom stereocenters. The molecule has 7 nitrogen and oxygen atoms in total. The summed E-state index contributed by atoms with van der Waals surface area (Å²) in [6.45, 7) is 0. The zero-order valence-electron chi connectivity index (χ0n) is 15.7. The smallest absolute Gasteiger partial charge is 0.345 e. The van der Waals surface area contributed by atoms with Crippen LogP contribution in [0.5, 0.6) is 5.75 Å². The number of ether oxygens (including phenoxy) is 1. The van der Waals surface area contributed by atoms with Gasteiger partial charge in [0.1, 0.15) is 5.75 Å². The molecule has 0 aliphatic heterocycles. The first-order valence-corrected chi connectivity index (χ1v) is 9.10. The summed E-state index contributed by atoms with van der Waals surface area (Å²) >= 11 is 0. The minimum absolute atomic E-state index is 0.324. The van der Waals surface area contributed by atoms with Crippen LogP contribution in [0.15, 0.2) is 90.6 Å². The molecule has 0 bridgehead atoms. The highest BCUT2D eigenvalue weighted by molar-refractivity contribution is 6.04. The normalized spacial score (nSPS) is 10.8. The Hall–Kier alpha value is -4.39. The van der Waals surface area contributed by atoms with E-state index in [4.69, 9.17) is 4.74 Å². The maximum Gasteiger partial charge on any atom is 0.345 e. The van der Waals surface area contributed by atoms with E-state index in [1.807, 2.05) is 30.3 Å². The van der Waals surface area contributed by atoms with E-state index < -0.39 is 5.97 Å². The SMILES string of the molecule is O=C(NN=Cc1c(OC(=O)c2cccnc2)ccc2ccccc12)c1ccncc1. The topological polar surface area (TPSA) is 93.5 Å². The molecule has 0 saturated carbocycles. The van der Waals surface area contributed by atoms with Crippen molar-refractivity contribution in [3.05, 3.63) is 102 Å². The first kappa shape index (κ1) is 18.9. The van der Waals surface area contributed by atoms with E-state index in [9.17, 15) is 9.59 Å². The predicted molar refractivity (Wildman–Crippen MR) is 112 cm³/mol. The quantitative estimate of drug-likeness (QED) is 0.241. The summed E-state index contributed by atoms with van der Waals surface area (Å²) in [5, 5.41) is 5.83. The fourth-order valence-corrected chi connectivity index (χ4v) is 2.86. The molecule has 2 aromatic heterocycles. The van der Waals surface area contributed by atoms with Crippen molar-refractivity contribution < 1.29 is 14.3 Å². The molecule has 7 heteroatoms. The minimum atomic E-state index is -0.533. The number of benzene rings is 2. The molecule has 0 fully saturated rings. The number of hydrazone groups is 1. The highest BCUT2D eigenvalue weighted by atomic mass is 16.5. The molecule has 0 radical (unpaired) electrons. The molecule has 0 aliphatic carbocycles. The van der Waals surface area contributed by atoms with Crippen LogP contribution in [-0.4, -0.2) is 28.1 Å². The van der Waals surface area contributed by atoms with Crippen molar-refractivity contribution in [2.75, 3.05) is 0 Å². The Bertz CT molecular complexity index is 1230. The molecular weight excluding hydrogens is 380 g/mol. The minimum Gasteiger partial charge on any atom is -0.422 e. The number of hydrogen-bond donors (Lipinski definition) is 1. The van der Waals surface area contributed by atoms with Gasteiger partial charge in [-0.15, -0.1) is 0 Å². The van der Waals surface area contributed by atoms with Crippen molar-refractivity contribution >= 4 is 28.9 Å². The lowest BCUT2D eigenvalue weighted by molar-refractivity contribution is 0.0734. The van der Waals surface area contributed by atoms with Crippen LogP contribution in [0.4, 0.5) is 0 Å². The summed E-state index contributed by atoms with van der Waals surface area (Å²) in [5.41, 5.74) is 3.81. The third-order valence-corrected chi connectivity index (χ3v) is 4.33. The largest absolute Gasteiger partial charge is 0.422 e. The molecule has 0 unspecified atom stereocenters. The molecule has 1 N–H and O–H groups in total. The van der Waals surface area contributed by atoms with Gasteiger partial charge in [0.25, 0.3) is 5.91 Å². The summed E-state index contributed by atoms with van der Waals surface area (Å²) < 4.78 is 5.59. The van der Waals surface area contributed by atoms with Gasteiger partial charge >= 0.3 is 5.97 Å². The van der Waals surface area contributed by atoms with Crippen LogP contribution in [0, 0.1) is 0 Å². The van der Waals surface area contributed by atoms with Crippen molar-refractivity contribution in [2.45, 2.75) is 0 Å². The fourth-order valence-electron chi connectivity index (χ4n) is 2.86. The van der Waals surface area contributed by atoms with Gasteiger partial charge in [-0.3, -0.25) is 14.8 Å². The van der Waals surface area contributed by atoms with Crippen molar-refractivity contribution in [1.29, 1.82) is 0 Å². The van der Waals surface area contributed by atoms with Crippen molar-refractivity contribution in [2.24, 2.45) is 5.10 Å². The number of carbonyl (C=O) groups is 2. The first-order valence-electron chi connectivity index (χ1n) is 9.10. The van der Waals surface area contributed by atoms with Crippen LogP contribution >= 0.6 is 0 Å². The van der Waals surface area contributed by atoms with Crippen LogP contribution in [0.3, 0.4) is 0 Å². The second-order valence-corrected chi connectivity index (χ2v) is 6.26. The average Bonchev–Trinajstić information content (AvgIpc) is 2.81. The molecular formula is C23H16N4O3. The van der Waals surface area contributed by atoms with Gasteiger partial charge in [-0.05, 0) is 41.1 Å². The Morgan fingerprint density at radius 3 is 2.50 bits per heavy atom. The molecule has 1 amide bonds. The van der Waals surface area contributed by atoms with Gasteiger partial charge in [0, 0.05) is 35.9 Å². The maximum absolute atomic E-state index is 12.5. The molecule has 4 aromatic rings. The summed E-state index contributed by atoms with van der Waals surface area (Å²) in [5.74, 6) is -0.582. The molecule has 0 aliphatic rings. The summed E-state index contributed by atoms with van der Waals surface area (Å²) in [6, 6.07) is 17.6. The number of esters is 1. The third-order valence-electron chi connectivity index (χ3n) is 4.33. The summed E-state index contributed by atoms with van der Waals surface area (Å²) in [6.07, 6.45) is 7.54. The molecule has 0 spiro atoms. The number of aromatic nitrogens is 2. The van der Waals surface area contributed by atoms with Crippen LogP contribution < -0.4 is 10.2 Å². The molecule has 2 aromatic carbocycles. The molecule has 30 heavy (non-hydrogen) atoms. The zero-order valence-corrected chi connectivity index (χ0v) is 15.7. The van der Waals surface area contributed by atoms with Gasteiger partial charge in [-0.1, -0.05) is 30.3 Å². The van der Waals surface area contributed by atoms with E-state index in [0.717, 1.165) is 10.8 Å². The lowest BCUT2D eigenvalue weighted by Gasteiger charge is -2.10. The lowest BCUT2D eigenvalue weighted by atomic mass is 10.0. The Balaban J connectivity index is 1.64. The Kier molecular flexibility index (Phi) is 5.52. The highest BCUT2D eigenvalue weighted by Crippen LogP contribution is 2.27. The number of pyridine rings is 2. The second kappa shape index (κ2) is 8.74. The van der Waals surface area contributed by atoms with Crippen molar-refractivity contribution in [3.63, 3.8) is 0 Å². The third kappa shape index (κ3) is 4.20. The number of nitrogens with zero attached hydrogens (tertiary/aromatic N) is 3. The molecule has 146 valence electrons. The fraction of sp³-hybridized carbons (Fsp3) is 0. The maximum atomic E-state index is 12.5. The molecule has 2 heterocycles. The first-order chi connectivity index (χ1) is 14.7. The summed E-state index contributed by atoms with van der Waals surface area (Å²) in [4.78, 5) is 32.5. The zero-order chi connectivity index (χ0) is 20.8. The van der Waals surface area contributed by atoms with Crippen LogP contribution in [0.1, 0.15) is 26.3 Å². The molecule has 0 saturated heterocycles. The van der Waals surface area contributed by atoms with Crippen LogP contribution in [-0.2, 0) is 0 Å². The van der Waals surface area contributed by atoms with Crippen molar-refractivity contribution in [3.8, 4) is 5.75 Å².